The molecule has 4 nitrogen and oxygen atoms in total. The molecule has 0 spiro atoms. The zero-order valence-corrected chi connectivity index (χ0v) is 11.5. The Morgan fingerprint density at radius 2 is 2.25 bits per heavy atom. The van der Waals surface area contributed by atoms with Crippen molar-refractivity contribution in [3.63, 3.8) is 0 Å². The standard InChI is InChI=1S/C11H18BrN3O/c1-4-6-13-10-8(12)7-14-11(15-10)9(5-2)16-3/h7,9H,4-6H2,1-3H3,(H,13,14,15). The molecule has 0 saturated carbocycles. The van der Waals surface area contributed by atoms with Crippen molar-refractivity contribution < 1.29 is 4.74 Å². The Balaban J connectivity index is 2.87. The van der Waals surface area contributed by atoms with Crippen LogP contribution in [-0.4, -0.2) is 23.6 Å². The van der Waals surface area contributed by atoms with Gasteiger partial charge in [0, 0.05) is 19.9 Å². The van der Waals surface area contributed by atoms with E-state index >= 15 is 0 Å². The molecule has 1 heterocycles. The number of aromatic nitrogens is 2. The fraction of sp³-hybridized carbons (Fsp3) is 0.636. The third kappa shape index (κ3) is 3.42. The van der Waals surface area contributed by atoms with Crippen molar-refractivity contribution in [3.05, 3.63) is 16.5 Å². The second-order valence-electron chi connectivity index (χ2n) is 3.48. The number of rotatable bonds is 6. The number of hydrogen-bond acceptors (Lipinski definition) is 4. The van der Waals surface area contributed by atoms with Crippen LogP contribution in [0, 0.1) is 0 Å². The largest absolute Gasteiger partial charge is 0.373 e. The molecule has 0 aliphatic carbocycles. The molecule has 90 valence electrons. The van der Waals surface area contributed by atoms with E-state index in [1.54, 1.807) is 13.3 Å². The summed E-state index contributed by atoms with van der Waals surface area (Å²) < 4.78 is 6.20. The van der Waals surface area contributed by atoms with Gasteiger partial charge in [-0.2, -0.15) is 0 Å². The molecular weight excluding hydrogens is 270 g/mol. The van der Waals surface area contributed by atoms with E-state index < -0.39 is 0 Å². The number of nitrogens with one attached hydrogen (secondary N) is 1. The van der Waals surface area contributed by atoms with Crippen LogP contribution in [0.1, 0.15) is 38.6 Å². The van der Waals surface area contributed by atoms with Crippen LogP contribution in [0.15, 0.2) is 10.7 Å². The first kappa shape index (κ1) is 13.4. The number of anilines is 1. The van der Waals surface area contributed by atoms with E-state index in [2.05, 4.69) is 45.1 Å². The van der Waals surface area contributed by atoms with Crippen molar-refractivity contribution >= 4 is 21.7 Å². The molecule has 0 saturated heterocycles. The summed E-state index contributed by atoms with van der Waals surface area (Å²) in [6.45, 7) is 5.07. The minimum absolute atomic E-state index is 0.0322. The van der Waals surface area contributed by atoms with Gasteiger partial charge >= 0.3 is 0 Å². The van der Waals surface area contributed by atoms with Crippen molar-refractivity contribution in [3.8, 4) is 0 Å². The van der Waals surface area contributed by atoms with Gasteiger partial charge in [-0.3, -0.25) is 0 Å². The summed E-state index contributed by atoms with van der Waals surface area (Å²) in [5, 5.41) is 3.25. The van der Waals surface area contributed by atoms with Gasteiger partial charge in [-0.25, -0.2) is 9.97 Å². The molecule has 1 aromatic rings. The fourth-order valence-corrected chi connectivity index (χ4v) is 1.69. The zero-order chi connectivity index (χ0) is 12.0. The minimum Gasteiger partial charge on any atom is -0.373 e. The molecule has 5 heteroatoms. The SMILES string of the molecule is CCCNc1nc(C(CC)OC)ncc1Br. The highest BCUT2D eigenvalue weighted by Gasteiger charge is 2.13. The maximum absolute atomic E-state index is 5.32. The number of nitrogens with zero attached hydrogens (tertiary/aromatic N) is 2. The van der Waals surface area contributed by atoms with Crippen molar-refractivity contribution in [2.75, 3.05) is 19.0 Å². The maximum atomic E-state index is 5.32. The lowest BCUT2D eigenvalue weighted by Crippen LogP contribution is -2.09. The molecule has 0 aliphatic rings. The van der Waals surface area contributed by atoms with Crippen LogP contribution in [0.4, 0.5) is 5.82 Å². The van der Waals surface area contributed by atoms with E-state index in [-0.39, 0.29) is 6.10 Å². The molecule has 1 unspecified atom stereocenters. The molecule has 0 fully saturated rings. The van der Waals surface area contributed by atoms with Crippen molar-refractivity contribution in [1.82, 2.24) is 9.97 Å². The van der Waals surface area contributed by atoms with E-state index in [0.29, 0.717) is 0 Å². The zero-order valence-electron chi connectivity index (χ0n) is 9.96. The van der Waals surface area contributed by atoms with Gasteiger partial charge in [-0.1, -0.05) is 13.8 Å². The van der Waals surface area contributed by atoms with Crippen molar-refractivity contribution in [1.29, 1.82) is 0 Å². The van der Waals surface area contributed by atoms with E-state index in [1.807, 2.05) is 0 Å². The summed E-state index contributed by atoms with van der Waals surface area (Å²) >= 11 is 3.43. The lowest BCUT2D eigenvalue weighted by atomic mass is 10.2. The Kier molecular flexibility index (Phi) is 5.69. The van der Waals surface area contributed by atoms with Gasteiger partial charge in [0.1, 0.15) is 11.9 Å². The van der Waals surface area contributed by atoms with Crippen LogP contribution in [0.3, 0.4) is 0 Å². The molecule has 0 aromatic carbocycles. The Morgan fingerprint density at radius 1 is 1.50 bits per heavy atom. The lowest BCUT2D eigenvalue weighted by Gasteiger charge is -2.13. The first-order valence-electron chi connectivity index (χ1n) is 5.52. The quantitative estimate of drug-likeness (QED) is 0.873. The smallest absolute Gasteiger partial charge is 0.159 e. The summed E-state index contributed by atoms with van der Waals surface area (Å²) in [7, 11) is 1.68. The molecule has 0 amide bonds. The third-order valence-corrected chi connectivity index (χ3v) is 2.83. The van der Waals surface area contributed by atoms with Gasteiger partial charge in [-0.15, -0.1) is 0 Å². The van der Waals surface area contributed by atoms with E-state index in [4.69, 9.17) is 4.74 Å². The summed E-state index contributed by atoms with van der Waals surface area (Å²) in [5.41, 5.74) is 0. The molecule has 0 radical (unpaired) electrons. The van der Waals surface area contributed by atoms with Crippen molar-refractivity contribution in [2.24, 2.45) is 0 Å². The predicted octanol–water partition coefficient (Wildman–Crippen LogP) is 3.16. The monoisotopic (exact) mass is 287 g/mol. The molecule has 1 N–H and O–H groups in total. The highest BCUT2D eigenvalue weighted by atomic mass is 79.9. The van der Waals surface area contributed by atoms with E-state index in [0.717, 1.165) is 35.5 Å². The number of methoxy groups -OCH3 is 1. The second-order valence-corrected chi connectivity index (χ2v) is 4.34. The summed E-state index contributed by atoms with van der Waals surface area (Å²) in [5.74, 6) is 1.56. The first-order chi connectivity index (χ1) is 7.72. The number of hydrogen-bond donors (Lipinski definition) is 1. The van der Waals surface area contributed by atoms with Crippen LogP contribution < -0.4 is 5.32 Å². The summed E-state index contributed by atoms with van der Waals surface area (Å²) in [4.78, 5) is 8.72. The van der Waals surface area contributed by atoms with Crippen LogP contribution in [0.5, 0.6) is 0 Å². The Bertz CT molecular complexity index is 329. The lowest BCUT2D eigenvalue weighted by molar-refractivity contribution is 0.0926. The highest BCUT2D eigenvalue weighted by Crippen LogP contribution is 2.23. The summed E-state index contributed by atoms with van der Waals surface area (Å²) in [6, 6.07) is 0. The molecule has 1 aromatic heterocycles. The number of halogens is 1. The molecule has 1 rings (SSSR count). The van der Waals surface area contributed by atoms with Crippen molar-refractivity contribution in [2.45, 2.75) is 32.8 Å². The molecule has 0 aliphatic heterocycles. The molecule has 0 bridgehead atoms. The Hall–Kier alpha value is -0.680. The maximum Gasteiger partial charge on any atom is 0.159 e. The van der Waals surface area contributed by atoms with Gasteiger partial charge in [0.15, 0.2) is 5.82 Å². The topological polar surface area (TPSA) is 47.0 Å². The van der Waals surface area contributed by atoms with E-state index in [9.17, 15) is 0 Å². The normalized spacial score (nSPS) is 12.5. The van der Waals surface area contributed by atoms with E-state index in [1.165, 1.54) is 0 Å². The van der Waals surface area contributed by atoms with Gasteiger partial charge < -0.3 is 10.1 Å². The minimum atomic E-state index is -0.0322. The second kappa shape index (κ2) is 6.81. The van der Waals surface area contributed by atoms with Crippen LogP contribution in [0.2, 0.25) is 0 Å². The Labute approximate surface area is 105 Å². The van der Waals surface area contributed by atoms with Gasteiger partial charge in [0.05, 0.1) is 4.47 Å². The highest BCUT2D eigenvalue weighted by molar-refractivity contribution is 9.10. The molecule has 1 atom stereocenters. The average Bonchev–Trinajstić information content (AvgIpc) is 2.31. The van der Waals surface area contributed by atoms with Crippen LogP contribution >= 0.6 is 15.9 Å². The fourth-order valence-electron chi connectivity index (χ4n) is 1.36. The first-order valence-corrected chi connectivity index (χ1v) is 6.31. The van der Waals surface area contributed by atoms with Gasteiger partial charge in [-0.05, 0) is 28.8 Å². The molecule has 16 heavy (non-hydrogen) atoms. The average molecular weight is 288 g/mol. The van der Waals surface area contributed by atoms with Gasteiger partial charge in [0.2, 0.25) is 0 Å². The third-order valence-electron chi connectivity index (χ3n) is 2.25. The number of ether oxygens (including phenoxy) is 1. The summed E-state index contributed by atoms with van der Waals surface area (Å²) in [6.07, 6.45) is 3.66. The molecular formula is C11H18BrN3O. The van der Waals surface area contributed by atoms with Gasteiger partial charge in [0.25, 0.3) is 0 Å². The van der Waals surface area contributed by atoms with Crippen LogP contribution in [-0.2, 0) is 4.74 Å². The Morgan fingerprint density at radius 3 is 2.81 bits per heavy atom. The predicted molar refractivity (Wildman–Crippen MR) is 68.6 cm³/mol. The van der Waals surface area contributed by atoms with Crippen LogP contribution in [0.25, 0.3) is 0 Å².